The van der Waals surface area contributed by atoms with Crippen LogP contribution in [0.25, 0.3) is 0 Å². The highest BCUT2D eigenvalue weighted by Crippen LogP contribution is 2.10. The van der Waals surface area contributed by atoms with E-state index in [1.165, 1.54) is 0 Å². The van der Waals surface area contributed by atoms with Crippen molar-refractivity contribution in [3.8, 4) is 0 Å². The molecular weight excluding hydrogens is 254 g/mol. The van der Waals surface area contributed by atoms with Crippen LogP contribution in [0.15, 0.2) is 10.7 Å². The van der Waals surface area contributed by atoms with E-state index in [0.717, 1.165) is 9.88 Å². The van der Waals surface area contributed by atoms with Crippen LogP contribution in [0, 0.1) is 13.8 Å². The average molecular weight is 267 g/mol. The summed E-state index contributed by atoms with van der Waals surface area (Å²) in [6.45, 7) is 4.32. The molecule has 0 aliphatic heterocycles. The molecule has 2 amide bonds. The molecule has 8 heteroatoms. The van der Waals surface area contributed by atoms with Crippen LogP contribution >= 0.6 is 11.3 Å². The van der Waals surface area contributed by atoms with Crippen molar-refractivity contribution in [2.75, 3.05) is 0 Å². The normalized spacial score (nSPS) is 10.3. The van der Waals surface area contributed by atoms with Crippen molar-refractivity contribution in [3.63, 3.8) is 0 Å². The minimum absolute atomic E-state index is 0.217. The van der Waals surface area contributed by atoms with E-state index >= 15 is 0 Å². The summed E-state index contributed by atoms with van der Waals surface area (Å²) in [6.07, 6.45) is 1.75. The molecule has 2 rings (SSSR count). The first-order chi connectivity index (χ1) is 8.63. The number of nitrogens with zero attached hydrogens (tertiary/aromatic N) is 3. The minimum Gasteiger partial charge on any atom is -0.337 e. The van der Waals surface area contributed by atoms with Gasteiger partial charge in [-0.15, -0.1) is 11.3 Å². The van der Waals surface area contributed by atoms with Crippen LogP contribution in [0.4, 0.5) is 4.79 Å². The molecule has 0 aromatic carbocycles. The fourth-order valence-corrected chi connectivity index (χ4v) is 2.02. The minimum atomic E-state index is -0.281. The molecule has 0 fully saturated rings. The zero-order chi connectivity index (χ0) is 13.0. The Morgan fingerprint density at radius 3 is 2.78 bits per heavy atom. The second-order valence-corrected chi connectivity index (χ2v) is 4.94. The summed E-state index contributed by atoms with van der Waals surface area (Å²) in [5, 5.41) is 9.95. The van der Waals surface area contributed by atoms with E-state index < -0.39 is 0 Å². The third-order valence-electron chi connectivity index (χ3n) is 2.06. The molecule has 2 aromatic rings. The van der Waals surface area contributed by atoms with Crippen LogP contribution in [0.2, 0.25) is 0 Å². The van der Waals surface area contributed by atoms with E-state index in [0.29, 0.717) is 18.3 Å². The highest BCUT2D eigenvalue weighted by Gasteiger charge is 2.06. The van der Waals surface area contributed by atoms with Gasteiger partial charge in [0, 0.05) is 11.1 Å². The molecule has 18 heavy (non-hydrogen) atoms. The van der Waals surface area contributed by atoms with Crippen molar-refractivity contribution in [1.82, 2.24) is 25.8 Å². The molecule has 0 bridgehead atoms. The maximum Gasteiger partial charge on any atom is 0.315 e. The fourth-order valence-electron chi connectivity index (χ4n) is 1.28. The Hall–Kier alpha value is -1.96. The molecule has 7 nitrogen and oxygen atoms in total. The SMILES string of the molecule is Cc1noc(CNC(=O)NCc2cnc(C)s2)n1. The zero-order valence-corrected chi connectivity index (χ0v) is 10.9. The van der Waals surface area contributed by atoms with E-state index in [1.54, 1.807) is 24.5 Å². The van der Waals surface area contributed by atoms with Gasteiger partial charge in [-0.1, -0.05) is 5.16 Å². The van der Waals surface area contributed by atoms with Gasteiger partial charge in [-0.2, -0.15) is 4.98 Å². The molecule has 0 spiro atoms. The summed E-state index contributed by atoms with van der Waals surface area (Å²) in [7, 11) is 0. The van der Waals surface area contributed by atoms with Crippen molar-refractivity contribution < 1.29 is 9.32 Å². The molecule has 0 radical (unpaired) electrons. The van der Waals surface area contributed by atoms with Gasteiger partial charge >= 0.3 is 6.03 Å². The Morgan fingerprint density at radius 2 is 2.17 bits per heavy atom. The molecule has 2 N–H and O–H groups in total. The molecule has 0 saturated heterocycles. The second-order valence-electron chi connectivity index (χ2n) is 3.62. The highest BCUT2D eigenvalue weighted by molar-refractivity contribution is 7.11. The Labute approximate surface area is 108 Å². The summed E-state index contributed by atoms with van der Waals surface area (Å²) < 4.78 is 4.87. The molecule has 2 heterocycles. The lowest BCUT2D eigenvalue weighted by Crippen LogP contribution is -2.34. The van der Waals surface area contributed by atoms with Crippen molar-refractivity contribution in [1.29, 1.82) is 0 Å². The van der Waals surface area contributed by atoms with Crippen molar-refractivity contribution in [3.05, 3.63) is 27.8 Å². The van der Waals surface area contributed by atoms with Crippen LogP contribution in [0.5, 0.6) is 0 Å². The number of hydrogen-bond acceptors (Lipinski definition) is 6. The third-order valence-corrected chi connectivity index (χ3v) is 2.97. The number of aryl methyl sites for hydroxylation is 2. The molecule has 0 aliphatic rings. The number of carbonyl (C=O) groups is 1. The van der Waals surface area contributed by atoms with Crippen LogP contribution in [-0.2, 0) is 13.1 Å². The van der Waals surface area contributed by atoms with Gasteiger partial charge in [0.15, 0.2) is 5.82 Å². The standard InChI is InChI=1S/C10H13N5O2S/c1-6-14-9(17-15-6)5-13-10(16)12-4-8-3-11-7(2)18-8/h3H,4-5H2,1-2H3,(H2,12,13,16). The Bertz CT molecular complexity index is 490. The lowest BCUT2D eigenvalue weighted by atomic mass is 10.5. The second kappa shape index (κ2) is 5.58. The summed E-state index contributed by atoms with van der Waals surface area (Å²) in [5.74, 6) is 0.934. The topological polar surface area (TPSA) is 92.9 Å². The molecular formula is C10H13N5O2S. The van der Waals surface area contributed by atoms with Gasteiger partial charge in [0.1, 0.15) is 0 Å². The first-order valence-electron chi connectivity index (χ1n) is 5.35. The van der Waals surface area contributed by atoms with Gasteiger partial charge < -0.3 is 15.2 Å². The molecule has 0 atom stereocenters. The predicted molar refractivity (Wildman–Crippen MR) is 65.0 cm³/mol. The fraction of sp³-hybridized carbons (Fsp3) is 0.400. The summed E-state index contributed by atoms with van der Waals surface area (Å²) in [5.41, 5.74) is 0. The molecule has 0 saturated carbocycles. The largest absolute Gasteiger partial charge is 0.337 e. The molecule has 2 aromatic heterocycles. The van der Waals surface area contributed by atoms with Crippen molar-refractivity contribution in [2.24, 2.45) is 0 Å². The van der Waals surface area contributed by atoms with Crippen molar-refractivity contribution >= 4 is 17.4 Å². The summed E-state index contributed by atoms with van der Waals surface area (Å²) >= 11 is 1.55. The van der Waals surface area contributed by atoms with E-state index in [2.05, 4.69) is 25.8 Å². The number of thiazole rings is 1. The van der Waals surface area contributed by atoms with Gasteiger partial charge in [0.05, 0.1) is 18.1 Å². The number of aromatic nitrogens is 3. The maximum absolute atomic E-state index is 11.5. The Kier molecular flexibility index (Phi) is 3.88. The monoisotopic (exact) mass is 267 g/mol. The van der Waals surface area contributed by atoms with E-state index in [9.17, 15) is 4.79 Å². The van der Waals surface area contributed by atoms with Crippen molar-refractivity contribution in [2.45, 2.75) is 26.9 Å². The maximum atomic E-state index is 11.5. The molecule has 0 unspecified atom stereocenters. The Morgan fingerprint density at radius 1 is 1.39 bits per heavy atom. The van der Waals surface area contributed by atoms with Gasteiger partial charge in [-0.05, 0) is 13.8 Å². The smallest absolute Gasteiger partial charge is 0.315 e. The summed E-state index contributed by atoms with van der Waals surface area (Å²) in [6, 6.07) is -0.281. The van der Waals surface area contributed by atoms with E-state index in [4.69, 9.17) is 4.52 Å². The van der Waals surface area contributed by atoms with Gasteiger partial charge in [0.2, 0.25) is 5.89 Å². The first-order valence-corrected chi connectivity index (χ1v) is 6.17. The van der Waals surface area contributed by atoms with Crippen LogP contribution in [-0.4, -0.2) is 21.2 Å². The van der Waals surface area contributed by atoms with Crippen LogP contribution in [0.3, 0.4) is 0 Å². The lowest BCUT2D eigenvalue weighted by Gasteiger charge is -2.03. The quantitative estimate of drug-likeness (QED) is 0.866. The number of nitrogens with one attached hydrogen (secondary N) is 2. The average Bonchev–Trinajstić information content (AvgIpc) is 2.93. The lowest BCUT2D eigenvalue weighted by molar-refractivity contribution is 0.238. The first kappa shape index (κ1) is 12.5. The molecule has 0 aliphatic carbocycles. The zero-order valence-electron chi connectivity index (χ0n) is 10.1. The third kappa shape index (κ3) is 3.52. The number of amides is 2. The predicted octanol–water partition coefficient (Wildman–Crippen LogP) is 1.14. The number of urea groups is 1. The van der Waals surface area contributed by atoms with E-state index in [1.807, 2.05) is 6.92 Å². The van der Waals surface area contributed by atoms with Crippen LogP contribution < -0.4 is 10.6 Å². The number of carbonyl (C=O) groups excluding carboxylic acids is 1. The number of hydrogen-bond donors (Lipinski definition) is 2. The summed E-state index contributed by atoms with van der Waals surface area (Å²) in [4.78, 5) is 20.6. The Balaban J connectivity index is 1.72. The van der Waals surface area contributed by atoms with Gasteiger partial charge in [0.25, 0.3) is 0 Å². The van der Waals surface area contributed by atoms with E-state index in [-0.39, 0.29) is 12.6 Å². The van der Waals surface area contributed by atoms with Gasteiger partial charge in [-0.25, -0.2) is 9.78 Å². The highest BCUT2D eigenvalue weighted by atomic mass is 32.1. The number of rotatable bonds is 4. The van der Waals surface area contributed by atoms with Gasteiger partial charge in [-0.3, -0.25) is 0 Å². The van der Waals surface area contributed by atoms with Crippen LogP contribution in [0.1, 0.15) is 21.6 Å². The molecule has 96 valence electrons.